The highest BCUT2D eigenvalue weighted by atomic mass is 35.5. The first-order chi connectivity index (χ1) is 16.1. The summed E-state index contributed by atoms with van der Waals surface area (Å²) < 4.78 is 18.6. The van der Waals surface area contributed by atoms with E-state index in [2.05, 4.69) is 27.3 Å². The van der Waals surface area contributed by atoms with Crippen LogP contribution in [0.4, 0.5) is 4.39 Å². The van der Waals surface area contributed by atoms with Gasteiger partial charge in [0.25, 0.3) is 5.91 Å². The van der Waals surface area contributed by atoms with Crippen molar-refractivity contribution in [1.29, 1.82) is 0 Å². The topological polar surface area (TPSA) is 58.4 Å². The zero-order valence-electron chi connectivity index (χ0n) is 17.9. The lowest BCUT2D eigenvalue weighted by Gasteiger charge is -2.21. The van der Waals surface area contributed by atoms with E-state index in [9.17, 15) is 9.18 Å². The lowest BCUT2D eigenvalue weighted by Crippen LogP contribution is -2.24. The van der Waals surface area contributed by atoms with Crippen molar-refractivity contribution in [3.8, 4) is 0 Å². The van der Waals surface area contributed by atoms with Crippen LogP contribution in [0.2, 0.25) is 5.02 Å². The summed E-state index contributed by atoms with van der Waals surface area (Å²) in [5.74, 6) is -0.233. The van der Waals surface area contributed by atoms with E-state index in [4.69, 9.17) is 16.0 Å². The molecular formula is C26H23ClFN3O2. The Kier molecular flexibility index (Phi) is 7.50. The van der Waals surface area contributed by atoms with E-state index >= 15 is 0 Å². The summed E-state index contributed by atoms with van der Waals surface area (Å²) in [6.45, 7) is 1.95. The second-order valence-electron chi connectivity index (χ2n) is 7.66. The van der Waals surface area contributed by atoms with Gasteiger partial charge in [0.1, 0.15) is 12.1 Å². The number of nitrogens with zero attached hydrogens (tertiary/aromatic N) is 2. The van der Waals surface area contributed by atoms with Crippen LogP contribution >= 0.6 is 11.6 Å². The molecular weight excluding hydrogens is 441 g/mol. The highest BCUT2D eigenvalue weighted by Gasteiger charge is 2.16. The molecule has 1 N–H and O–H groups in total. The molecule has 0 fully saturated rings. The number of amides is 1. The van der Waals surface area contributed by atoms with Gasteiger partial charge >= 0.3 is 0 Å². The van der Waals surface area contributed by atoms with Crippen molar-refractivity contribution >= 4 is 17.5 Å². The summed E-state index contributed by atoms with van der Waals surface area (Å²) in [5, 5.41) is 3.47. The normalized spacial score (nSPS) is 11.0. The maximum Gasteiger partial charge on any atom is 0.273 e. The Hall–Kier alpha value is -3.48. The van der Waals surface area contributed by atoms with Crippen LogP contribution in [0, 0.1) is 5.82 Å². The third-order valence-corrected chi connectivity index (χ3v) is 5.48. The zero-order valence-corrected chi connectivity index (χ0v) is 18.6. The van der Waals surface area contributed by atoms with Gasteiger partial charge in [-0.25, -0.2) is 9.37 Å². The fourth-order valence-electron chi connectivity index (χ4n) is 3.43. The van der Waals surface area contributed by atoms with Crippen LogP contribution in [-0.2, 0) is 26.2 Å². The Morgan fingerprint density at radius 1 is 0.909 bits per heavy atom. The smallest absolute Gasteiger partial charge is 0.273 e. The Labute approximate surface area is 196 Å². The van der Waals surface area contributed by atoms with Gasteiger partial charge in [-0.3, -0.25) is 9.69 Å². The van der Waals surface area contributed by atoms with Crippen LogP contribution < -0.4 is 5.32 Å². The minimum atomic E-state index is -0.352. The van der Waals surface area contributed by atoms with Crippen molar-refractivity contribution in [1.82, 2.24) is 15.2 Å². The molecule has 168 valence electrons. The Morgan fingerprint density at radius 3 is 2.39 bits per heavy atom. The predicted octanol–water partition coefficient (Wildman–Crippen LogP) is 5.60. The van der Waals surface area contributed by atoms with Gasteiger partial charge in [-0.1, -0.05) is 72.3 Å². The molecule has 0 atom stereocenters. The van der Waals surface area contributed by atoms with Crippen molar-refractivity contribution in [2.45, 2.75) is 26.2 Å². The van der Waals surface area contributed by atoms with Crippen LogP contribution in [0.5, 0.6) is 0 Å². The molecule has 0 saturated heterocycles. The Balaban J connectivity index is 1.43. The molecule has 0 spiro atoms. The SMILES string of the molecule is O=C(NCc1ccc(F)cc1)c1coc(CN(Cc2ccccc2)Cc2ccccc2Cl)n1. The van der Waals surface area contributed by atoms with Gasteiger partial charge in [-0.2, -0.15) is 0 Å². The lowest BCUT2D eigenvalue weighted by molar-refractivity contribution is 0.0945. The molecule has 0 unspecified atom stereocenters. The molecule has 0 bridgehead atoms. The van der Waals surface area contributed by atoms with Crippen molar-refractivity contribution in [2.75, 3.05) is 0 Å². The maximum absolute atomic E-state index is 13.0. The minimum absolute atomic E-state index is 0.199. The average Bonchev–Trinajstić information content (AvgIpc) is 3.29. The van der Waals surface area contributed by atoms with Crippen molar-refractivity contribution < 1.29 is 13.6 Å². The molecule has 1 heterocycles. The monoisotopic (exact) mass is 463 g/mol. The molecule has 1 aromatic heterocycles. The number of hydrogen-bond acceptors (Lipinski definition) is 4. The van der Waals surface area contributed by atoms with Crippen LogP contribution in [0.25, 0.3) is 0 Å². The van der Waals surface area contributed by atoms with E-state index in [0.29, 0.717) is 30.5 Å². The number of hydrogen-bond donors (Lipinski definition) is 1. The summed E-state index contributed by atoms with van der Waals surface area (Å²) in [5.41, 5.74) is 3.14. The summed E-state index contributed by atoms with van der Waals surface area (Å²) in [4.78, 5) is 19.0. The maximum atomic E-state index is 13.0. The number of oxazole rings is 1. The quantitative estimate of drug-likeness (QED) is 0.351. The van der Waals surface area contributed by atoms with E-state index < -0.39 is 0 Å². The van der Waals surface area contributed by atoms with Gasteiger partial charge in [0.05, 0.1) is 6.54 Å². The number of carbonyl (C=O) groups is 1. The van der Waals surface area contributed by atoms with Gasteiger partial charge in [0.2, 0.25) is 5.89 Å². The van der Waals surface area contributed by atoms with E-state index in [-0.39, 0.29) is 24.0 Å². The zero-order chi connectivity index (χ0) is 23.0. The van der Waals surface area contributed by atoms with Crippen LogP contribution in [0.1, 0.15) is 33.1 Å². The third-order valence-electron chi connectivity index (χ3n) is 5.11. The Morgan fingerprint density at radius 2 is 1.64 bits per heavy atom. The number of aromatic nitrogens is 1. The molecule has 0 saturated carbocycles. The number of carbonyl (C=O) groups excluding carboxylic acids is 1. The van der Waals surface area contributed by atoms with Crippen LogP contribution in [-0.4, -0.2) is 15.8 Å². The first-order valence-electron chi connectivity index (χ1n) is 10.5. The van der Waals surface area contributed by atoms with E-state index in [0.717, 1.165) is 16.7 Å². The summed E-state index contributed by atoms with van der Waals surface area (Å²) in [6.07, 6.45) is 1.35. The lowest BCUT2D eigenvalue weighted by atomic mass is 10.1. The van der Waals surface area contributed by atoms with Gasteiger partial charge in [-0.15, -0.1) is 0 Å². The van der Waals surface area contributed by atoms with Gasteiger partial charge < -0.3 is 9.73 Å². The van der Waals surface area contributed by atoms with E-state index in [1.54, 1.807) is 12.1 Å². The van der Waals surface area contributed by atoms with Gasteiger partial charge in [0.15, 0.2) is 5.69 Å². The fourth-order valence-corrected chi connectivity index (χ4v) is 3.63. The highest BCUT2D eigenvalue weighted by molar-refractivity contribution is 6.31. The second-order valence-corrected chi connectivity index (χ2v) is 8.06. The standard InChI is InChI=1S/C26H23ClFN3O2/c27-23-9-5-4-8-21(23)16-31(15-20-6-2-1-3-7-20)17-25-30-24(18-33-25)26(32)29-14-19-10-12-22(28)13-11-19/h1-13,18H,14-17H2,(H,29,32). The first-order valence-corrected chi connectivity index (χ1v) is 10.9. The molecule has 0 aliphatic carbocycles. The fraction of sp³-hybridized carbons (Fsp3) is 0.154. The summed E-state index contributed by atoms with van der Waals surface area (Å²) in [7, 11) is 0. The molecule has 4 aromatic rings. The van der Waals surface area contributed by atoms with E-state index in [1.165, 1.54) is 18.4 Å². The summed E-state index contributed by atoms with van der Waals surface area (Å²) >= 11 is 6.37. The second kappa shape index (κ2) is 10.9. The molecule has 4 rings (SSSR count). The van der Waals surface area contributed by atoms with Crippen molar-refractivity contribution in [3.05, 3.63) is 124 Å². The van der Waals surface area contributed by atoms with Crippen molar-refractivity contribution in [2.24, 2.45) is 0 Å². The van der Waals surface area contributed by atoms with Gasteiger partial charge in [0, 0.05) is 24.7 Å². The predicted molar refractivity (Wildman–Crippen MR) is 125 cm³/mol. The van der Waals surface area contributed by atoms with Crippen LogP contribution in [0.3, 0.4) is 0 Å². The van der Waals surface area contributed by atoms with Gasteiger partial charge in [-0.05, 0) is 34.9 Å². The first kappa shape index (κ1) is 22.7. The number of halogens is 2. The highest BCUT2D eigenvalue weighted by Crippen LogP contribution is 2.20. The molecule has 0 aliphatic heterocycles. The minimum Gasteiger partial charge on any atom is -0.447 e. The number of nitrogens with one attached hydrogen (secondary N) is 1. The third kappa shape index (κ3) is 6.51. The van der Waals surface area contributed by atoms with E-state index in [1.807, 2.05) is 42.5 Å². The molecule has 5 nitrogen and oxygen atoms in total. The van der Waals surface area contributed by atoms with Crippen molar-refractivity contribution in [3.63, 3.8) is 0 Å². The molecule has 7 heteroatoms. The number of benzene rings is 3. The summed E-state index contributed by atoms with van der Waals surface area (Å²) in [6, 6.07) is 23.8. The largest absolute Gasteiger partial charge is 0.447 e. The number of rotatable bonds is 9. The molecule has 0 aliphatic rings. The Bertz CT molecular complexity index is 1200. The average molecular weight is 464 g/mol. The molecule has 0 radical (unpaired) electrons. The molecule has 33 heavy (non-hydrogen) atoms. The molecule has 1 amide bonds. The molecule has 3 aromatic carbocycles. The van der Waals surface area contributed by atoms with Crippen LogP contribution in [0.15, 0.2) is 89.5 Å².